The van der Waals surface area contributed by atoms with Gasteiger partial charge in [0, 0.05) is 5.56 Å². The summed E-state index contributed by atoms with van der Waals surface area (Å²) in [6, 6.07) is 12.5. The van der Waals surface area contributed by atoms with E-state index < -0.39 is 0 Å². The van der Waals surface area contributed by atoms with Crippen LogP contribution in [0.3, 0.4) is 0 Å². The standard InChI is InChI=1S/C19H18ClN3O2S2/c1-2-3-11-25-13-9-7-12(8-10-13)17(24)22-18(26)23-19-21-16-14(20)5-4-6-15(16)27-19/h4-10H,2-3,11H2,1H3,(H2,21,22,23,24,26). The lowest BCUT2D eigenvalue weighted by Gasteiger charge is -2.08. The molecule has 1 aromatic heterocycles. The molecule has 5 nitrogen and oxygen atoms in total. The zero-order valence-electron chi connectivity index (χ0n) is 14.6. The number of ether oxygens (including phenoxy) is 1. The number of thiazole rings is 1. The number of halogens is 1. The molecular formula is C19H18ClN3O2S2. The van der Waals surface area contributed by atoms with Crippen LogP contribution in [0.15, 0.2) is 42.5 Å². The molecule has 0 aliphatic carbocycles. The molecule has 0 saturated carbocycles. The maximum absolute atomic E-state index is 12.3. The largest absolute Gasteiger partial charge is 0.494 e. The van der Waals surface area contributed by atoms with Crippen molar-refractivity contribution in [3.05, 3.63) is 53.1 Å². The number of nitrogens with zero attached hydrogens (tertiary/aromatic N) is 1. The Hall–Kier alpha value is -2.22. The molecule has 0 unspecified atom stereocenters. The summed E-state index contributed by atoms with van der Waals surface area (Å²) in [4.78, 5) is 16.7. The second-order valence-electron chi connectivity index (χ2n) is 5.74. The van der Waals surface area contributed by atoms with Gasteiger partial charge in [0.1, 0.15) is 11.3 Å². The summed E-state index contributed by atoms with van der Waals surface area (Å²) in [5.41, 5.74) is 1.20. The highest BCUT2D eigenvalue weighted by Gasteiger charge is 2.11. The van der Waals surface area contributed by atoms with Gasteiger partial charge < -0.3 is 10.1 Å². The van der Waals surface area contributed by atoms with Crippen molar-refractivity contribution in [2.75, 3.05) is 11.9 Å². The van der Waals surface area contributed by atoms with Crippen LogP contribution in [0, 0.1) is 0 Å². The number of carbonyl (C=O) groups excluding carboxylic acids is 1. The molecule has 27 heavy (non-hydrogen) atoms. The number of unbranched alkanes of at least 4 members (excludes halogenated alkanes) is 1. The van der Waals surface area contributed by atoms with Crippen LogP contribution in [0.25, 0.3) is 10.2 Å². The van der Waals surface area contributed by atoms with Crippen LogP contribution in [0.1, 0.15) is 30.1 Å². The minimum Gasteiger partial charge on any atom is -0.494 e. The number of rotatable bonds is 6. The molecule has 0 fully saturated rings. The number of para-hydroxylation sites is 1. The average Bonchev–Trinajstić information content (AvgIpc) is 3.06. The fourth-order valence-corrected chi connectivity index (χ4v) is 3.73. The van der Waals surface area contributed by atoms with Gasteiger partial charge in [-0.2, -0.15) is 0 Å². The van der Waals surface area contributed by atoms with Gasteiger partial charge in [-0.3, -0.25) is 10.1 Å². The predicted molar refractivity (Wildman–Crippen MR) is 115 cm³/mol. The van der Waals surface area contributed by atoms with Gasteiger partial charge in [0.2, 0.25) is 0 Å². The molecular weight excluding hydrogens is 402 g/mol. The summed E-state index contributed by atoms with van der Waals surface area (Å²) in [6.45, 7) is 2.78. The Morgan fingerprint density at radius 1 is 1.26 bits per heavy atom. The Morgan fingerprint density at radius 3 is 2.74 bits per heavy atom. The smallest absolute Gasteiger partial charge is 0.257 e. The van der Waals surface area contributed by atoms with E-state index in [1.54, 1.807) is 30.3 Å². The molecule has 2 aromatic carbocycles. The molecule has 140 valence electrons. The van der Waals surface area contributed by atoms with E-state index in [-0.39, 0.29) is 11.0 Å². The molecule has 0 aliphatic heterocycles. The first-order valence-corrected chi connectivity index (χ1v) is 10.1. The summed E-state index contributed by atoms with van der Waals surface area (Å²) >= 11 is 12.8. The van der Waals surface area contributed by atoms with Gasteiger partial charge in [-0.1, -0.05) is 42.3 Å². The number of carbonyl (C=O) groups is 1. The van der Waals surface area contributed by atoms with Crippen molar-refractivity contribution in [1.82, 2.24) is 10.3 Å². The molecule has 0 radical (unpaired) electrons. The molecule has 3 rings (SSSR count). The average molecular weight is 420 g/mol. The summed E-state index contributed by atoms with van der Waals surface area (Å²) in [5, 5.41) is 6.91. The molecule has 0 atom stereocenters. The second kappa shape index (κ2) is 9.12. The number of anilines is 1. The van der Waals surface area contributed by atoms with Crippen LogP contribution in [-0.4, -0.2) is 22.6 Å². The molecule has 0 saturated heterocycles. The first-order valence-electron chi connectivity index (χ1n) is 8.47. The van der Waals surface area contributed by atoms with Crippen molar-refractivity contribution in [2.24, 2.45) is 0 Å². The van der Waals surface area contributed by atoms with E-state index in [0.717, 1.165) is 23.3 Å². The lowest BCUT2D eigenvalue weighted by Crippen LogP contribution is -2.34. The fourth-order valence-electron chi connectivity index (χ4n) is 2.31. The molecule has 2 N–H and O–H groups in total. The van der Waals surface area contributed by atoms with E-state index in [1.807, 2.05) is 12.1 Å². The normalized spacial score (nSPS) is 10.6. The number of thiocarbonyl (C=S) groups is 1. The highest BCUT2D eigenvalue weighted by atomic mass is 35.5. The van der Waals surface area contributed by atoms with Crippen LogP contribution < -0.4 is 15.4 Å². The topological polar surface area (TPSA) is 63.2 Å². The van der Waals surface area contributed by atoms with Crippen LogP contribution in [0.5, 0.6) is 5.75 Å². The fraction of sp³-hybridized carbons (Fsp3) is 0.211. The summed E-state index contributed by atoms with van der Waals surface area (Å²) in [5.74, 6) is 0.443. The summed E-state index contributed by atoms with van der Waals surface area (Å²) in [7, 11) is 0. The SMILES string of the molecule is CCCCOc1ccc(C(=O)NC(=S)Nc2nc3c(Cl)cccc3s2)cc1. The van der Waals surface area contributed by atoms with Gasteiger partial charge in [0.25, 0.3) is 5.91 Å². The zero-order valence-corrected chi connectivity index (χ0v) is 17.0. The zero-order chi connectivity index (χ0) is 19.2. The Balaban J connectivity index is 1.58. The molecule has 8 heteroatoms. The minimum atomic E-state index is -0.299. The van der Waals surface area contributed by atoms with E-state index >= 15 is 0 Å². The number of fused-ring (bicyclic) bond motifs is 1. The second-order valence-corrected chi connectivity index (χ2v) is 7.59. The quantitative estimate of drug-likeness (QED) is 0.421. The van der Waals surface area contributed by atoms with Crippen molar-refractivity contribution >= 4 is 61.5 Å². The summed E-state index contributed by atoms with van der Waals surface area (Å²) < 4.78 is 6.53. The van der Waals surface area contributed by atoms with Crippen molar-refractivity contribution in [1.29, 1.82) is 0 Å². The number of hydrogen-bond acceptors (Lipinski definition) is 5. The predicted octanol–water partition coefficient (Wildman–Crippen LogP) is 5.26. The monoisotopic (exact) mass is 419 g/mol. The lowest BCUT2D eigenvalue weighted by molar-refractivity contribution is 0.0977. The molecule has 0 bridgehead atoms. The molecule has 0 aliphatic rings. The van der Waals surface area contributed by atoms with Gasteiger partial charge in [-0.05, 0) is 55.0 Å². The van der Waals surface area contributed by atoms with Gasteiger partial charge in [-0.15, -0.1) is 0 Å². The van der Waals surface area contributed by atoms with Gasteiger partial charge in [0.15, 0.2) is 10.2 Å². The first-order chi connectivity index (χ1) is 13.1. The van der Waals surface area contributed by atoms with E-state index in [2.05, 4.69) is 22.5 Å². The molecule has 3 aromatic rings. The lowest BCUT2D eigenvalue weighted by atomic mass is 10.2. The van der Waals surface area contributed by atoms with Crippen molar-refractivity contribution < 1.29 is 9.53 Å². The highest BCUT2D eigenvalue weighted by Crippen LogP contribution is 2.30. The van der Waals surface area contributed by atoms with Crippen LogP contribution in [0.4, 0.5) is 5.13 Å². The van der Waals surface area contributed by atoms with Gasteiger partial charge >= 0.3 is 0 Å². The minimum absolute atomic E-state index is 0.179. The Labute approximate surface area is 171 Å². The number of hydrogen-bond donors (Lipinski definition) is 2. The number of benzene rings is 2. The van der Waals surface area contributed by atoms with Crippen LogP contribution >= 0.6 is 35.2 Å². The summed E-state index contributed by atoms with van der Waals surface area (Å²) in [6.07, 6.45) is 2.07. The Kier molecular flexibility index (Phi) is 6.60. The molecule has 1 heterocycles. The van der Waals surface area contributed by atoms with Crippen LogP contribution in [-0.2, 0) is 0 Å². The third kappa shape index (κ3) is 5.15. The maximum Gasteiger partial charge on any atom is 0.257 e. The molecule has 1 amide bonds. The van der Waals surface area contributed by atoms with Crippen molar-refractivity contribution in [2.45, 2.75) is 19.8 Å². The van der Waals surface area contributed by atoms with E-state index in [4.69, 9.17) is 28.6 Å². The molecule has 0 spiro atoms. The van der Waals surface area contributed by atoms with E-state index in [1.165, 1.54) is 11.3 Å². The van der Waals surface area contributed by atoms with E-state index in [9.17, 15) is 4.79 Å². The third-order valence-corrected chi connectivity index (χ3v) is 5.15. The Bertz CT molecular complexity index is 957. The van der Waals surface area contributed by atoms with Crippen molar-refractivity contribution in [3.8, 4) is 5.75 Å². The van der Waals surface area contributed by atoms with Gasteiger partial charge in [0.05, 0.1) is 16.3 Å². The number of nitrogens with one attached hydrogen (secondary N) is 2. The van der Waals surface area contributed by atoms with Gasteiger partial charge in [-0.25, -0.2) is 4.98 Å². The van der Waals surface area contributed by atoms with E-state index in [0.29, 0.717) is 27.8 Å². The number of aromatic nitrogens is 1. The highest BCUT2D eigenvalue weighted by molar-refractivity contribution is 7.80. The third-order valence-electron chi connectivity index (χ3n) is 3.70. The Morgan fingerprint density at radius 2 is 2.04 bits per heavy atom. The van der Waals surface area contributed by atoms with Crippen molar-refractivity contribution in [3.63, 3.8) is 0 Å². The first kappa shape index (κ1) is 19.5. The maximum atomic E-state index is 12.3. The number of amides is 1. The van der Waals surface area contributed by atoms with Crippen LogP contribution in [0.2, 0.25) is 5.02 Å².